The van der Waals surface area contributed by atoms with Crippen molar-refractivity contribution in [3.05, 3.63) is 66.2 Å². The fourth-order valence-electron chi connectivity index (χ4n) is 3.47. The van der Waals surface area contributed by atoms with Crippen LogP contribution in [0, 0.1) is 5.92 Å². The average Bonchev–Trinajstić information content (AvgIpc) is 3.41. The van der Waals surface area contributed by atoms with Crippen molar-refractivity contribution in [2.24, 2.45) is 5.92 Å². The Bertz CT molecular complexity index is 577. The third kappa shape index (κ3) is 2.68. The Hall–Kier alpha value is -1.80. The normalized spacial score (nSPS) is 25.8. The van der Waals surface area contributed by atoms with Crippen LogP contribution in [0.1, 0.15) is 24.4 Å². The molecule has 1 saturated carbocycles. The lowest BCUT2D eigenvalue weighted by Gasteiger charge is -2.42. The van der Waals surface area contributed by atoms with Gasteiger partial charge in [0.1, 0.15) is 0 Å². The van der Waals surface area contributed by atoms with Crippen LogP contribution in [0.25, 0.3) is 0 Å². The summed E-state index contributed by atoms with van der Waals surface area (Å²) < 4.78 is 0. The van der Waals surface area contributed by atoms with Crippen LogP contribution in [0.3, 0.4) is 0 Å². The molecule has 0 bridgehead atoms. The van der Waals surface area contributed by atoms with Crippen molar-refractivity contribution in [2.75, 3.05) is 18.0 Å². The summed E-state index contributed by atoms with van der Waals surface area (Å²) in [5.41, 5.74) is 2.75. The van der Waals surface area contributed by atoms with E-state index in [1.807, 2.05) is 0 Å². The van der Waals surface area contributed by atoms with E-state index in [-0.39, 0.29) is 0 Å². The van der Waals surface area contributed by atoms with Crippen LogP contribution in [-0.2, 0) is 0 Å². The number of hydrogen-bond acceptors (Lipinski definition) is 2. The lowest BCUT2D eigenvalue weighted by Crippen LogP contribution is -2.53. The van der Waals surface area contributed by atoms with Crippen LogP contribution in [0.5, 0.6) is 0 Å². The van der Waals surface area contributed by atoms with E-state index in [0.29, 0.717) is 12.1 Å². The van der Waals surface area contributed by atoms with Crippen molar-refractivity contribution in [2.45, 2.75) is 24.9 Å². The minimum absolute atomic E-state index is 0.434. The van der Waals surface area contributed by atoms with Crippen molar-refractivity contribution in [1.29, 1.82) is 0 Å². The van der Waals surface area contributed by atoms with Gasteiger partial charge in [0.2, 0.25) is 0 Å². The first-order chi connectivity index (χ1) is 10.4. The van der Waals surface area contributed by atoms with Gasteiger partial charge < -0.3 is 10.2 Å². The van der Waals surface area contributed by atoms with Gasteiger partial charge in [0, 0.05) is 24.8 Å². The maximum absolute atomic E-state index is 3.79. The fraction of sp³-hybridized carbons (Fsp3) is 0.368. The Morgan fingerprint density at radius 2 is 1.52 bits per heavy atom. The number of nitrogens with zero attached hydrogens (tertiary/aromatic N) is 1. The topological polar surface area (TPSA) is 15.3 Å². The predicted octanol–water partition coefficient (Wildman–Crippen LogP) is 3.62. The predicted molar refractivity (Wildman–Crippen MR) is 87.5 cm³/mol. The van der Waals surface area contributed by atoms with Gasteiger partial charge in [-0.15, -0.1) is 0 Å². The van der Waals surface area contributed by atoms with E-state index in [2.05, 4.69) is 70.9 Å². The summed E-state index contributed by atoms with van der Waals surface area (Å²) in [5.74, 6) is 0.896. The summed E-state index contributed by atoms with van der Waals surface area (Å²) >= 11 is 0. The molecular formula is C19H22N2. The smallest absolute Gasteiger partial charge is 0.0667 e. The highest BCUT2D eigenvalue weighted by atomic mass is 15.2. The second kappa shape index (κ2) is 5.53. The van der Waals surface area contributed by atoms with E-state index in [4.69, 9.17) is 0 Å². The highest BCUT2D eigenvalue weighted by molar-refractivity contribution is 5.50. The van der Waals surface area contributed by atoms with E-state index in [9.17, 15) is 0 Å². The quantitative estimate of drug-likeness (QED) is 0.922. The summed E-state index contributed by atoms with van der Waals surface area (Å²) in [4.78, 5) is 2.59. The Morgan fingerprint density at radius 3 is 2.19 bits per heavy atom. The van der Waals surface area contributed by atoms with Gasteiger partial charge in [-0.2, -0.15) is 0 Å². The number of para-hydroxylation sites is 1. The third-order valence-electron chi connectivity index (χ3n) is 4.81. The van der Waals surface area contributed by atoms with Crippen LogP contribution < -0.4 is 10.2 Å². The molecule has 0 radical (unpaired) electrons. The number of piperazine rings is 1. The van der Waals surface area contributed by atoms with Gasteiger partial charge >= 0.3 is 0 Å². The van der Waals surface area contributed by atoms with E-state index in [1.54, 1.807) is 0 Å². The van der Waals surface area contributed by atoms with Gasteiger partial charge in [-0.05, 0) is 36.5 Å². The van der Waals surface area contributed by atoms with E-state index in [1.165, 1.54) is 24.1 Å². The van der Waals surface area contributed by atoms with Crippen LogP contribution in [0.4, 0.5) is 5.69 Å². The maximum Gasteiger partial charge on any atom is 0.0667 e. The van der Waals surface area contributed by atoms with Crippen molar-refractivity contribution in [3.8, 4) is 0 Å². The van der Waals surface area contributed by atoms with Gasteiger partial charge in [-0.25, -0.2) is 0 Å². The lowest BCUT2D eigenvalue weighted by atomic mass is 9.98. The summed E-state index contributed by atoms with van der Waals surface area (Å²) in [6.45, 7) is 2.16. The van der Waals surface area contributed by atoms with Gasteiger partial charge in [0.15, 0.2) is 0 Å². The molecule has 2 aliphatic rings. The Balaban J connectivity index is 1.65. The molecule has 0 amide bonds. The number of rotatable bonds is 3. The summed E-state index contributed by atoms with van der Waals surface area (Å²) in [6, 6.07) is 22.8. The first-order valence-corrected chi connectivity index (χ1v) is 8.02. The molecule has 1 heterocycles. The lowest BCUT2D eigenvalue weighted by molar-refractivity contribution is 0.369. The van der Waals surface area contributed by atoms with Crippen LogP contribution in [0.2, 0.25) is 0 Å². The molecule has 1 N–H and O–H groups in total. The van der Waals surface area contributed by atoms with Crippen molar-refractivity contribution < 1.29 is 0 Å². The van der Waals surface area contributed by atoms with Crippen molar-refractivity contribution >= 4 is 5.69 Å². The standard InChI is InChI=1S/C19H22N2/c1-3-7-16(8-4-1)19-13-20-18(15-11-12-15)14-21(19)17-9-5-2-6-10-17/h1-10,15,18-20H,11-14H2. The molecule has 1 aliphatic carbocycles. The molecule has 4 rings (SSSR count). The van der Waals surface area contributed by atoms with Crippen LogP contribution >= 0.6 is 0 Å². The summed E-state index contributed by atoms with van der Waals surface area (Å²) in [5, 5.41) is 3.79. The number of anilines is 1. The Morgan fingerprint density at radius 1 is 0.857 bits per heavy atom. The highest BCUT2D eigenvalue weighted by Gasteiger charge is 2.37. The monoisotopic (exact) mass is 278 g/mol. The molecule has 0 spiro atoms. The van der Waals surface area contributed by atoms with Gasteiger partial charge in [0.25, 0.3) is 0 Å². The molecule has 1 saturated heterocycles. The molecule has 21 heavy (non-hydrogen) atoms. The Kier molecular flexibility index (Phi) is 3.40. The minimum atomic E-state index is 0.434. The number of benzene rings is 2. The molecule has 2 atom stereocenters. The highest BCUT2D eigenvalue weighted by Crippen LogP contribution is 2.37. The first kappa shape index (κ1) is 12.9. The molecular weight excluding hydrogens is 256 g/mol. The van der Waals surface area contributed by atoms with Gasteiger partial charge in [0.05, 0.1) is 6.04 Å². The Labute approximate surface area is 126 Å². The van der Waals surface area contributed by atoms with Gasteiger partial charge in [-0.1, -0.05) is 48.5 Å². The van der Waals surface area contributed by atoms with Crippen LogP contribution in [0.15, 0.2) is 60.7 Å². The molecule has 2 unspecified atom stereocenters. The molecule has 2 nitrogen and oxygen atoms in total. The average molecular weight is 278 g/mol. The second-order valence-electron chi connectivity index (χ2n) is 6.27. The van der Waals surface area contributed by atoms with E-state index < -0.39 is 0 Å². The minimum Gasteiger partial charge on any atom is -0.362 e. The molecule has 0 aromatic heterocycles. The fourth-order valence-corrected chi connectivity index (χ4v) is 3.47. The number of nitrogens with one attached hydrogen (secondary N) is 1. The largest absolute Gasteiger partial charge is 0.362 e. The zero-order valence-electron chi connectivity index (χ0n) is 12.3. The SMILES string of the molecule is c1ccc(C2CNC(C3CC3)CN2c2ccccc2)cc1. The van der Waals surface area contributed by atoms with E-state index >= 15 is 0 Å². The molecule has 2 fully saturated rings. The maximum atomic E-state index is 3.79. The zero-order chi connectivity index (χ0) is 14.1. The summed E-state index contributed by atoms with van der Waals surface area (Å²) in [7, 11) is 0. The number of hydrogen-bond donors (Lipinski definition) is 1. The second-order valence-corrected chi connectivity index (χ2v) is 6.27. The van der Waals surface area contributed by atoms with Crippen LogP contribution in [-0.4, -0.2) is 19.1 Å². The zero-order valence-corrected chi connectivity index (χ0v) is 12.3. The van der Waals surface area contributed by atoms with Crippen molar-refractivity contribution in [3.63, 3.8) is 0 Å². The molecule has 2 aromatic rings. The first-order valence-electron chi connectivity index (χ1n) is 8.02. The third-order valence-corrected chi connectivity index (χ3v) is 4.81. The molecule has 108 valence electrons. The molecule has 1 aliphatic heterocycles. The molecule has 2 aromatic carbocycles. The van der Waals surface area contributed by atoms with E-state index in [0.717, 1.165) is 19.0 Å². The van der Waals surface area contributed by atoms with Gasteiger partial charge in [-0.3, -0.25) is 0 Å². The van der Waals surface area contributed by atoms with Crippen molar-refractivity contribution in [1.82, 2.24) is 5.32 Å². The molecule has 2 heteroatoms. The summed E-state index contributed by atoms with van der Waals surface area (Å²) in [6.07, 6.45) is 2.80.